The van der Waals surface area contributed by atoms with E-state index in [0.717, 1.165) is 4.39 Å². The normalized spacial score (nSPS) is 10.6. The van der Waals surface area contributed by atoms with Crippen molar-refractivity contribution in [1.29, 1.82) is 0 Å². The van der Waals surface area contributed by atoms with Gasteiger partial charge in [0, 0.05) is 0 Å². The molecule has 5 nitrogen and oxygen atoms in total. The van der Waals surface area contributed by atoms with E-state index in [4.69, 9.17) is 0 Å². The number of carbonyl (C=O) groups excluding carboxylic acids is 1. The van der Waals surface area contributed by atoms with Crippen LogP contribution < -0.4 is 5.32 Å². The van der Waals surface area contributed by atoms with Crippen molar-refractivity contribution in [2.24, 2.45) is 0 Å². The first kappa shape index (κ1) is 12.5. The number of hydrogen-bond donors (Lipinski definition) is 1. The first-order valence-corrected chi connectivity index (χ1v) is 7.88. The molecule has 3 aromatic rings. The van der Waals surface area contributed by atoms with E-state index in [0.29, 0.717) is 20.5 Å². The number of nitrogens with one attached hydrogen (secondary N) is 1. The van der Waals surface area contributed by atoms with E-state index >= 15 is 0 Å². The number of benzene rings is 1. The van der Waals surface area contributed by atoms with E-state index in [1.807, 2.05) is 18.2 Å². The maximum atomic E-state index is 12.0. The number of anilines is 1. The molecule has 0 unspecified atom stereocenters. The van der Waals surface area contributed by atoms with Gasteiger partial charge in [-0.05, 0) is 0 Å². The fourth-order valence-electron chi connectivity index (χ4n) is 1.51. The molecule has 1 N–H and O–H groups in total. The fourth-order valence-corrected chi connectivity index (χ4v) is 3.72. The summed E-state index contributed by atoms with van der Waals surface area (Å²) in [4.78, 5) is 24.7. The molecule has 0 saturated heterocycles. The van der Waals surface area contributed by atoms with Crippen molar-refractivity contribution in [3.63, 3.8) is 0 Å². The average molecular weight is 382 g/mol. The number of fused-ring (bicyclic) bond motifs is 1. The molecule has 7 heteroatoms. The minimum absolute atomic E-state index is 0.115. The number of aromatic nitrogens is 3. The van der Waals surface area contributed by atoms with Gasteiger partial charge in [0.25, 0.3) is 0 Å². The van der Waals surface area contributed by atoms with Crippen LogP contribution in [0, 0.1) is 0 Å². The number of nitrogens with zero attached hydrogens (tertiary/aromatic N) is 3. The van der Waals surface area contributed by atoms with Crippen LogP contribution in [0.25, 0.3) is 10.0 Å². The second-order valence-electron chi connectivity index (χ2n) is 3.66. The van der Waals surface area contributed by atoms with Crippen molar-refractivity contribution in [2.45, 2.75) is 0 Å². The van der Waals surface area contributed by atoms with Crippen molar-refractivity contribution in [2.75, 3.05) is 5.32 Å². The number of hydrogen-bond acceptors (Lipinski definition) is 4. The molecule has 1 aromatic carbocycles. The van der Waals surface area contributed by atoms with E-state index < -0.39 is 0 Å². The Morgan fingerprint density at radius 2 is 2.00 bits per heavy atom. The second-order valence-corrected chi connectivity index (χ2v) is 6.52. The zero-order chi connectivity index (χ0) is 13.2. The molecular weight excluding hydrogens is 375 g/mol. The molecule has 0 aliphatic carbocycles. The summed E-state index contributed by atoms with van der Waals surface area (Å²) < 4.78 is 2.14. The van der Waals surface area contributed by atoms with E-state index in [9.17, 15) is 4.79 Å². The van der Waals surface area contributed by atoms with Gasteiger partial charge in [0.1, 0.15) is 0 Å². The van der Waals surface area contributed by atoms with Crippen LogP contribution in [0.5, 0.6) is 0 Å². The van der Waals surface area contributed by atoms with Crippen molar-refractivity contribution < 1.29 is 4.79 Å². The van der Waals surface area contributed by atoms with Crippen LogP contribution >= 0.6 is 15.9 Å². The van der Waals surface area contributed by atoms with Gasteiger partial charge in [-0.1, -0.05) is 0 Å². The van der Waals surface area contributed by atoms with E-state index in [1.165, 1.54) is 0 Å². The van der Waals surface area contributed by atoms with Gasteiger partial charge in [0.15, 0.2) is 0 Å². The molecule has 0 spiro atoms. The predicted octanol–water partition coefficient (Wildman–Crippen LogP) is 2.10. The Morgan fingerprint density at radius 1 is 1.21 bits per heavy atom. The Labute approximate surface area is 123 Å². The molecule has 94 valence electrons. The maximum absolute atomic E-state index is 12.0. The summed E-state index contributed by atoms with van der Waals surface area (Å²) in [6.45, 7) is 0. The molecule has 2 aromatic heterocycles. The fraction of sp³-hybridized carbons (Fsp3) is 0. The zero-order valence-electron chi connectivity index (χ0n) is 9.50. The number of amides is 1. The van der Waals surface area contributed by atoms with Crippen LogP contribution in [0.4, 0.5) is 4.69 Å². The van der Waals surface area contributed by atoms with Crippen molar-refractivity contribution in [3.8, 4) is 0 Å². The average Bonchev–Trinajstić information content (AvgIpc) is 2.81. The zero-order valence-corrected chi connectivity index (χ0v) is 12.8. The summed E-state index contributed by atoms with van der Waals surface area (Å²) in [5.41, 5.74) is 1.20. The first-order valence-electron chi connectivity index (χ1n) is 5.38. The molecule has 2 heterocycles. The molecule has 0 fully saturated rings. The molecule has 1 amide bonds. The third kappa shape index (κ3) is 2.73. The summed E-state index contributed by atoms with van der Waals surface area (Å²) in [7, 11) is 0. The van der Waals surface area contributed by atoms with Gasteiger partial charge in [-0.2, -0.15) is 0 Å². The molecule has 0 aliphatic rings. The molecule has 19 heavy (non-hydrogen) atoms. The SMILES string of the molecule is O=C(Nc1nc2ncc(Br)nc2[se]1)c1ccccc1. The van der Waals surface area contributed by atoms with Crippen molar-refractivity contribution >= 4 is 51.1 Å². The molecule has 0 atom stereocenters. The van der Waals surface area contributed by atoms with Gasteiger partial charge in [-0.15, -0.1) is 0 Å². The summed E-state index contributed by atoms with van der Waals surface area (Å²) in [6.07, 6.45) is 1.60. The third-order valence-electron chi connectivity index (χ3n) is 2.35. The summed E-state index contributed by atoms with van der Waals surface area (Å²) in [5.74, 6) is -0.159. The number of carbonyl (C=O) groups is 1. The minimum atomic E-state index is -0.159. The molecule has 0 radical (unpaired) electrons. The summed E-state index contributed by atoms with van der Waals surface area (Å²) >= 11 is 3.16. The third-order valence-corrected chi connectivity index (χ3v) is 4.52. The Hall–Kier alpha value is -1.56. The monoisotopic (exact) mass is 382 g/mol. The van der Waals surface area contributed by atoms with Crippen LogP contribution in [-0.2, 0) is 0 Å². The quantitative estimate of drug-likeness (QED) is 0.690. The Kier molecular flexibility index (Phi) is 3.42. The summed E-state index contributed by atoms with van der Waals surface area (Å²) in [6, 6.07) is 9.04. The van der Waals surface area contributed by atoms with Crippen LogP contribution in [0.15, 0.2) is 41.1 Å². The van der Waals surface area contributed by atoms with Gasteiger partial charge < -0.3 is 0 Å². The Morgan fingerprint density at radius 3 is 2.79 bits per heavy atom. The number of halogens is 1. The van der Waals surface area contributed by atoms with Crippen LogP contribution in [-0.4, -0.2) is 35.4 Å². The predicted molar refractivity (Wildman–Crippen MR) is 76.4 cm³/mol. The molecule has 3 rings (SSSR count). The Balaban J connectivity index is 1.87. The van der Waals surface area contributed by atoms with Gasteiger partial charge in [0.2, 0.25) is 0 Å². The topological polar surface area (TPSA) is 67.8 Å². The van der Waals surface area contributed by atoms with E-state index in [2.05, 4.69) is 36.2 Å². The standard InChI is InChI=1S/C12H7BrN4OSe/c13-8-6-14-9-11(15-8)19-12(16-9)17-10(18)7-4-2-1-3-5-7/h1-6H,(H,14,16,17,18). The van der Waals surface area contributed by atoms with Crippen LogP contribution in [0.3, 0.4) is 0 Å². The molecule has 0 aliphatic heterocycles. The van der Waals surface area contributed by atoms with Gasteiger partial charge in [0.05, 0.1) is 0 Å². The van der Waals surface area contributed by atoms with Crippen LogP contribution in [0.1, 0.15) is 10.4 Å². The van der Waals surface area contributed by atoms with Crippen molar-refractivity contribution in [1.82, 2.24) is 15.0 Å². The Bertz CT molecular complexity index is 744. The van der Waals surface area contributed by atoms with E-state index in [-0.39, 0.29) is 20.4 Å². The first-order chi connectivity index (χ1) is 9.22. The molecule has 0 bridgehead atoms. The van der Waals surface area contributed by atoms with Gasteiger partial charge >= 0.3 is 123 Å². The molecular formula is C12H7BrN4OSe. The van der Waals surface area contributed by atoms with Gasteiger partial charge in [-0.25, -0.2) is 0 Å². The summed E-state index contributed by atoms with van der Waals surface area (Å²) in [5, 5.41) is 2.81. The van der Waals surface area contributed by atoms with Gasteiger partial charge in [-0.3, -0.25) is 0 Å². The van der Waals surface area contributed by atoms with E-state index in [1.54, 1.807) is 18.3 Å². The molecule has 0 saturated carbocycles. The van der Waals surface area contributed by atoms with Crippen LogP contribution in [0.2, 0.25) is 0 Å². The number of rotatable bonds is 2. The second kappa shape index (κ2) is 5.20. The van der Waals surface area contributed by atoms with Crippen molar-refractivity contribution in [3.05, 3.63) is 46.7 Å².